The molecule has 0 bridgehead atoms. The van der Waals surface area contributed by atoms with E-state index in [1.807, 2.05) is 65.0 Å². The lowest BCUT2D eigenvalue weighted by Gasteiger charge is -2.36. The summed E-state index contributed by atoms with van der Waals surface area (Å²) in [5.41, 5.74) is 0.704. The largest absolute Gasteiger partial charge is 0.457 e. The number of cyclic esters (lactones) is 1. The first-order chi connectivity index (χ1) is 23.3. The molecule has 0 aliphatic carbocycles. The molecule has 3 N–H and O–H groups in total. The fourth-order valence-electron chi connectivity index (χ4n) is 6.69. The number of hydrogen-bond acceptors (Lipinski definition) is 10. The van der Waals surface area contributed by atoms with Gasteiger partial charge in [-0.2, -0.15) is 0 Å². The van der Waals surface area contributed by atoms with Gasteiger partial charge in [0.15, 0.2) is 0 Å². The monoisotopic (exact) mass is 683 g/mol. The smallest absolute Gasteiger partial charge is 0.410 e. The SMILES string of the molecule is CCC(O)C(C)C1OC1CC(C)(O)/C=C/C=C(\C)C1OC(=O)CC(O)CCC(C)C(OC(=O)N2CCN(c3ccncc3)CC2)/C=C/C1C. The molecule has 11 nitrogen and oxygen atoms in total. The average molecular weight is 684 g/mol. The van der Waals surface area contributed by atoms with Crippen molar-refractivity contribution in [1.82, 2.24) is 9.88 Å². The van der Waals surface area contributed by atoms with E-state index in [1.54, 1.807) is 36.4 Å². The quantitative estimate of drug-likeness (QED) is 0.136. The molecule has 4 heterocycles. The molecule has 0 spiro atoms. The number of pyridine rings is 1. The first-order valence-electron chi connectivity index (χ1n) is 17.9. The molecule has 11 heteroatoms. The summed E-state index contributed by atoms with van der Waals surface area (Å²) in [4.78, 5) is 34.2. The van der Waals surface area contributed by atoms with Crippen molar-refractivity contribution in [3.05, 3.63) is 60.5 Å². The third-order valence-electron chi connectivity index (χ3n) is 10.1. The highest BCUT2D eigenvalue weighted by Crippen LogP contribution is 2.37. The predicted molar refractivity (Wildman–Crippen MR) is 188 cm³/mol. The van der Waals surface area contributed by atoms with E-state index in [4.69, 9.17) is 14.2 Å². The van der Waals surface area contributed by atoms with Crippen molar-refractivity contribution >= 4 is 17.7 Å². The number of hydrogen-bond donors (Lipinski definition) is 3. The maximum atomic E-state index is 13.3. The van der Waals surface area contributed by atoms with E-state index in [0.29, 0.717) is 51.9 Å². The highest BCUT2D eigenvalue weighted by molar-refractivity contribution is 5.70. The number of ether oxygens (including phenoxy) is 3. The van der Waals surface area contributed by atoms with Crippen LogP contribution in [0.25, 0.3) is 0 Å². The van der Waals surface area contributed by atoms with Gasteiger partial charge in [-0.15, -0.1) is 0 Å². The van der Waals surface area contributed by atoms with Gasteiger partial charge in [0.05, 0.1) is 36.4 Å². The summed E-state index contributed by atoms with van der Waals surface area (Å²) < 4.78 is 17.7. The fourth-order valence-corrected chi connectivity index (χ4v) is 6.69. The van der Waals surface area contributed by atoms with Crippen LogP contribution >= 0.6 is 0 Å². The van der Waals surface area contributed by atoms with Crippen molar-refractivity contribution in [2.45, 2.75) is 116 Å². The molecule has 2 saturated heterocycles. The number of aliphatic hydroxyl groups excluding tert-OH is 2. The molecule has 2 fully saturated rings. The van der Waals surface area contributed by atoms with Gasteiger partial charge in [0.1, 0.15) is 12.2 Å². The van der Waals surface area contributed by atoms with E-state index in [2.05, 4.69) is 9.88 Å². The molecule has 0 radical (unpaired) electrons. The second kappa shape index (κ2) is 17.6. The maximum Gasteiger partial charge on any atom is 0.410 e. The number of aliphatic hydroxyl groups is 3. The summed E-state index contributed by atoms with van der Waals surface area (Å²) in [5.74, 6) is -0.834. The average Bonchev–Trinajstić information content (AvgIpc) is 3.84. The summed E-state index contributed by atoms with van der Waals surface area (Å²) in [6, 6.07) is 3.92. The maximum absolute atomic E-state index is 13.3. The topological polar surface area (TPSA) is 145 Å². The Kier molecular flexibility index (Phi) is 13.9. The van der Waals surface area contributed by atoms with E-state index in [9.17, 15) is 24.9 Å². The van der Waals surface area contributed by atoms with Gasteiger partial charge in [-0.1, -0.05) is 52.0 Å². The number of carbonyl (C=O) groups is 2. The summed E-state index contributed by atoms with van der Waals surface area (Å²) in [6.45, 7) is 13.9. The lowest BCUT2D eigenvalue weighted by Crippen LogP contribution is -2.49. The van der Waals surface area contributed by atoms with E-state index < -0.39 is 36.0 Å². The van der Waals surface area contributed by atoms with Crippen LogP contribution in [0.5, 0.6) is 0 Å². The standard InChI is InChI=1S/C38H57N3O8/c1-7-31(43)28(5)36-33(47-36)24-38(6,46)16-8-9-26(3)35-27(4)11-13-32(25(2)10-12-30(42)23-34(44)49-35)48-37(45)41-21-19-40(20-22-41)29-14-17-39-18-15-29/h8-9,11,13-18,25,27-28,30-33,35-36,42-43,46H,7,10,12,19-24H2,1-6H3/b13-11+,16-8+,26-9+. The minimum atomic E-state index is -1.13. The summed E-state index contributed by atoms with van der Waals surface area (Å²) in [7, 11) is 0. The van der Waals surface area contributed by atoms with Gasteiger partial charge in [-0.25, -0.2) is 4.79 Å². The first-order valence-corrected chi connectivity index (χ1v) is 17.9. The number of carbonyl (C=O) groups excluding carboxylic acids is 2. The molecule has 3 aliphatic rings. The van der Waals surface area contributed by atoms with Crippen molar-refractivity contribution in [3.8, 4) is 0 Å². The Morgan fingerprint density at radius 1 is 1.16 bits per heavy atom. The molecule has 10 atom stereocenters. The van der Waals surface area contributed by atoms with Gasteiger partial charge >= 0.3 is 12.1 Å². The normalized spacial score (nSPS) is 31.9. The second-order valence-electron chi connectivity index (χ2n) is 14.4. The molecule has 4 rings (SSSR count). The number of piperazine rings is 1. The number of epoxide rings is 1. The third-order valence-corrected chi connectivity index (χ3v) is 10.1. The number of allylic oxidation sites excluding steroid dienone is 2. The number of amides is 1. The summed E-state index contributed by atoms with van der Waals surface area (Å²) in [6.07, 6.45) is 11.5. The zero-order chi connectivity index (χ0) is 35.7. The number of esters is 1. The number of aromatic nitrogens is 1. The lowest BCUT2D eigenvalue weighted by molar-refractivity contribution is -0.151. The van der Waals surface area contributed by atoms with Crippen LogP contribution in [-0.4, -0.2) is 106 Å². The van der Waals surface area contributed by atoms with Crippen LogP contribution < -0.4 is 4.90 Å². The van der Waals surface area contributed by atoms with Gasteiger partial charge < -0.3 is 39.3 Å². The number of anilines is 1. The van der Waals surface area contributed by atoms with E-state index in [1.165, 1.54) is 0 Å². The van der Waals surface area contributed by atoms with Crippen molar-refractivity contribution in [3.63, 3.8) is 0 Å². The molecule has 3 aliphatic heterocycles. The van der Waals surface area contributed by atoms with Crippen LogP contribution in [0.3, 0.4) is 0 Å². The van der Waals surface area contributed by atoms with Crippen LogP contribution in [0.1, 0.15) is 73.6 Å². The molecule has 1 aromatic heterocycles. The van der Waals surface area contributed by atoms with E-state index >= 15 is 0 Å². The Hall–Kier alpha value is -3.25. The summed E-state index contributed by atoms with van der Waals surface area (Å²) >= 11 is 0. The molecule has 10 unspecified atom stereocenters. The van der Waals surface area contributed by atoms with Crippen LogP contribution in [0.15, 0.2) is 60.5 Å². The minimum absolute atomic E-state index is 0.000600. The molecular formula is C38H57N3O8. The van der Waals surface area contributed by atoms with E-state index in [0.717, 1.165) is 11.3 Å². The van der Waals surface area contributed by atoms with Gasteiger partial charge in [-0.05, 0) is 62.8 Å². The van der Waals surface area contributed by atoms with Crippen molar-refractivity contribution in [2.75, 3.05) is 31.1 Å². The summed E-state index contributed by atoms with van der Waals surface area (Å²) in [5, 5.41) is 31.8. The molecule has 272 valence electrons. The molecule has 0 saturated carbocycles. The Morgan fingerprint density at radius 3 is 2.53 bits per heavy atom. The molecular weight excluding hydrogens is 626 g/mol. The highest BCUT2D eigenvalue weighted by atomic mass is 16.6. The fraction of sp³-hybridized carbons (Fsp3) is 0.658. The number of rotatable bonds is 10. The van der Waals surface area contributed by atoms with Crippen molar-refractivity contribution in [1.29, 1.82) is 0 Å². The van der Waals surface area contributed by atoms with Crippen molar-refractivity contribution < 1.29 is 39.1 Å². The zero-order valence-corrected chi connectivity index (χ0v) is 30.0. The van der Waals surface area contributed by atoms with Crippen LogP contribution in [-0.2, 0) is 19.0 Å². The molecule has 0 aromatic carbocycles. The highest BCUT2D eigenvalue weighted by Gasteiger charge is 2.47. The molecule has 1 aromatic rings. The first kappa shape index (κ1) is 38.6. The van der Waals surface area contributed by atoms with Gasteiger partial charge in [0.2, 0.25) is 0 Å². The Labute approximate surface area is 291 Å². The third kappa shape index (κ3) is 11.4. The number of nitrogens with zero attached hydrogens (tertiary/aromatic N) is 3. The Morgan fingerprint density at radius 2 is 1.86 bits per heavy atom. The predicted octanol–water partition coefficient (Wildman–Crippen LogP) is 4.81. The Balaban J connectivity index is 1.41. The second-order valence-corrected chi connectivity index (χ2v) is 14.4. The van der Waals surface area contributed by atoms with Crippen LogP contribution in [0.2, 0.25) is 0 Å². The molecule has 49 heavy (non-hydrogen) atoms. The van der Waals surface area contributed by atoms with Crippen LogP contribution in [0.4, 0.5) is 10.5 Å². The van der Waals surface area contributed by atoms with Gasteiger partial charge in [0.25, 0.3) is 0 Å². The van der Waals surface area contributed by atoms with Crippen molar-refractivity contribution in [2.24, 2.45) is 17.8 Å². The van der Waals surface area contributed by atoms with Gasteiger partial charge in [0, 0.05) is 62.5 Å². The van der Waals surface area contributed by atoms with Crippen LogP contribution in [0, 0.1) is 17.8 Å². The van der Waals surface area contributed by atoms with Gasteiger partial charge in [-0.3, -0.25) is 9.78 Å². The van der Waals surface area contributed by atoms with E-state index in [-0.39, 0.29) is 42.5 Å². The lowest BCUT2D eigenvalue weighted by atomic mass is 9.91. The Bertz CT molecular complexity index is 1310. The minimum Gasteiger partial charge on any atom is -0.457 e. The zero-order valence-electron chi connectivity index (χ0n) is 30.0. The molecule has 1 amide bonds.